The van der Waals surface area contributed by atoms with Crippen molar-refractivity contribution < 1.29 is 8.42 Å². The minimum atomic E-state index is -3.56. The number of nitrogens with zero attached hydrogens (tertiary/aromatic N) is 2. The summed E-state index contributed by atoms with van der Waals surface area (Å²) in [5.41, 5.74) is 7.11. The number of hydrogen-bond acceptors (Lipinski definition) is 4. The van der Waals surface area contributed by atoms with Crippen LogP contribution in [0.1, 0.15) is 11.1 Å². The largest absolute Gasteiger partial charge is 0.326 e. The molecule has 0 amide bonds. The minimum absolute atomic E-state index is 0.165. The number of nitrogens with two attached hydrogens (primary N) is 1. The van der Waals surface area contributed by atoms with Crippen LogP contribution in [0.3, 0.4) is 0 Å². The molecule has 0 saturated heterocycles. The van der Waals surface area contributed by atoms with Gasteiger partial charge in [-0.2, -0.15) is 5.10 Å². The lowest BCUT2D eigenvalue weighted by Crippen LogP contribution is -2.26. The highest BCUT2D eigenvalue weighted by Gasteiger charge is 2.15. The van der Waals surface area contributed by atoms with Gasteiger partial charge in [0.15, 0.2) is 0 Å². The molecule has 21 heavy (non-hydrogen) atoms. The average molecular weight is 329 g/mol. The van der Waals surface area contributed by atoms with E-state index in [-0.39, 0.29) is 11.4 Å². The molecule has 0 atom stereocenters. The Morgan fingerprint density at radius 2 is 2.19 bits per heavy atom. The molecule has 0 radical (unpaired) electrons. The van der Waals surface area contributed by atoms with Gasteiger partial charge >= 0.3 is 0 Å². The first-order chi connectivity index (χ1) is 9.92. The second-order valence-electron chi connectivity index (χ2n) is 4.63. The van der Waals surface area contributed by atoms with Gasteiger partial charge in [-0.05, 0) is 35.7 Å². The topological polar surface area (TPSA) is 90.0 Å². The first-order valence-corrected chi connectivity index (χ1v) is 8.24. The van der Waals surface area contributed by atoms with Crippen LogP contribution in [0.25, 0.3) is 0 Å². The molecule has 3 N–H and O–H groups in total. The Labute approximate surface area is 129 Å². The third kappa shape index (κ3) is 4.04. The van der Waals surface area contributed by atoms with E-state index in [2.05, 4.69) is 9.82 Å². The smallest absolute Gasteiger partial charge is 0.240 e. The van der Waals surface area contributed by atoms with Crippen LogP contribution >= 0.6 is 11.6 Å². The van der Waals surface area contributed by atoms with E-state index in [1.54, 1.807) is 16.9 Å². The molecule has 0 spiro atoms. The maximum absolute atomic E-state index is 12.2. The molecule has 8 heteroatoms. The summed E-state index contributed by atoms with van der Waals surface area (Å²) in [4.78, 5) is 0.165. The van der Waals surface area contributed by atoms with Crippen LogP contribution in [-0.2, 0) is 30.0 Å². The fourth-order valence-corrected chi connectivity index (χ4v) is 3.17. The second-order valence-corrected chi connectivity index (χ2v) is 6.80. The highest BCUT2D eigenvalue weighted by molar-refractivity contribution is 7.89. The summed E-state index contributed by atoms with van der Waals surface area (Å²) in [5, 5.41) is 4.50. The van der Waals surface area contributed by atoms with Gasteiger partial charge in [0.1, 0.15) is 0 Å². The van der Waals surface area contributed by atoms with Crippen molar-refractivity contribution in [3.05, 3.63) is 46.7 Å². The Kier molecular flexibility index (Phi) is 5.00. The van der Waals surface area contributed by atoms with Crippen LogP contribution in [0.15, 0.2) is 35.5 Å². The number of rotatable bonds is 6. The highest BCUT2D eigenvalue weighted by Crippen LogP contribution is 2.19. The predicted octanol–water partition coefficient (Wildman–Crippen LogP) is 1.05. The van der Waals surface area contributed by atoms with Crippen LogP contribution in [0, 0.1) is 0 Å². The molecule has 1 aromatic heterocycles. The third-order valence-electron chi connectivity index (χ3n) is 3.01. The number of halogens is 1. The second kappa shape index (κ2) is 6.57. The zero-order valence-corrected chi connectivity index (χ0v) is 13.2. The standard InChI is InChI=1S/C13H17ClN4O2S/c1-18-9-10(8-16-18)4-5-17-21(19,20)12-2-3-13(14)11(6-12)7-15/h2-3,6,8-9,17H,4-5,7,15H2,1H3. The Morgan fingerprint density at radius 3 is 2.81 bits per heavy atom. The summed E-state index contributed by atoms with van der Waals surface area (Å²) >= 11 is 5.93. The van der Waals surface area contributed by atoms with E-state index >= 15 is 0 Å². The van der Waals surface area contributed by atoms with Gasteiger partial charge in [0.05, 0.1) is 11.1 Å². The molecule has 6 nitrogen and oxygen atoms in total. The van der Waals surface area contributed by atoms with Crippen molar-refractivity contribution in [3.8, 4) is 0 Å². The summed E-state index contributed by atoms with van der Waals surface area (Å²) in [7, 11) is -1.75. The van der Waals surface area contributed by atoms with Crippen LogP contribution in [0.2, 0.25) is 5.02 Å². The van der Waals surface area contributed by atoms with Crippen LogP contribution < -0.4 is 10.5 Å². The molecule has 0 unspecified atom stereocenters. The van der Waals surface area contributed by atoms with Gasteiger partial charge in [-0.15, -0.1) is 0 Å². The van der Waals surface area contributed by atoms with Gasteiger partial charge < -0.3 is 5.73 Å². The van der Waals surface area contributed by atoms with E-state index in [1.165, 1.54) is 12.1 Å². The number of nitrogens with one attached hydrogen (secondary N) is 1. The molecule has 0 saturated carbocycles. The van der Waals surface area contributed by atoms with Crippen molar-refractivity contribution in [1.29, 1.82) is 0 Å². The van der Waals surface area contributed by atoms with Crippen LogP contribution in [0.5, 0.6) is 0 Å². The first kappa shape index (κ1) is 16.0. The summed E-state index contributed by atoms with van der Waals surface area (Å²) in [6.07, 6.45) is 4.14. The molecule has 1 aromatic carbocycles. The number of aromatic nitrogens is 2. The monoisotopic (exact) mass is 328 g/mol. The molecule has 0 aliphatic carbocycles. The van der Waals surface area contributed by atoms with Crippen molar-refractivity contribution in [1.82, 2.24) is 14.5 Å². The number of hydrogen-bond donors (Lipinski definition) is 2. The molecular formula is C13H17ClN4O2S. The number of aryl methyl sites for hydroxylation is 1. The van der Waals surface area contributed by atoms with E-state index in [4.69, 9.17) is 17.3 Å². The Bertz CT molecular complexity index is 728. The van der Waals surface area contributed by atoms with Crippen LogP contribution in [-0.4, -0.2) is 24.7 Å². The van der Waals surface area contributed by atoms with Gasteiger partial charge in [-0.25, -0.2) is 13.1 Å². The van der Waals surface area contributed by atoms with Gasteiger partial charge in [0, 0.05) is 31.4 Å². The first-order valence-electron chi connectivity index (χ1n) is 6.38. The third-order valence-corrected chi connectivity index (χ3v) is 4.84. The summed E-state index contributed by atoms with van der Waals surface area (Å²) in [6.45, 7) is 0.493. The Hall–Kier alpha value is -1.41. The Balaban J connectivity index is 2.04. The SMILES string of the molecule is Cn1cc(CCNS(=O)(=O)c2ccc(Cl)c(CN)c2)cn1. The maximum atomic E-state index is 12.2. The van der Waals surface area contributed by atoms with E-state index in [9.17, 15) is 8.42 Å². The highest BCUT2D eigenvalue weighted by atomic mass is 35.5. The molecular weight excluding hydrogens is 312 g/mol. The normalized spacial score (nSPS) is 11.8. The Morgan fingerprint density at radius 1 is 1.43 bits per heavy atom. The molecule has 0 aliphatic rings. The predicted molar refractivity (Wildman–Crippen MR) is 81.4 cm³/mol. The fourth-order valence-electron chi connectivity index (χ4n) is 1.89. The van der Waals surface area contributed by atoms with E-state index in [1.807, 2.05) is 13.2 Å². The lowest BCUT2D eigenvalue weighted by molar-refractivity contribution is 0.581. The molecule has 1 heterocycles. The lowest BCUT2D eigenvalue weighted by Gasteiger charge is -2.08. The van der Waals surface area contributed by atoms with Crippen molar-refractivity contribution in [2.24, 2.45) is 12.8 Å². The van der Waals surface area contributed by atoms with E-state index in [0.717, 1.165) is 5.56 Å². The summed E-state index contributed by atoms with van der Waals surface area (Å²) < 4.78 is 28.6. The number of sulfonamides is 1. The van der Waals surface area contributed by atoms with Crippen molar-refractivity contribution >= 4 is 21.6 Å². The van der Waals surface area contributed by atoms with Gasteiger partial charge in [0.25, 0.3) is 0 Å². The summed E-state index contributed by atoms with van der Waals surface area (Å²) in [5.74, 6) is 0. The maximum Gasteiger partial charge on any atom is 0.240 e. The van der Waals surface area contributed by atoms with Gasteiger partial charge in [-0.3, -0.25) is 4.68 Å². The molecule has 0 aliphatic heterocycles. The van der Waals surface area contributed by atoms with Crippen molar-refractivity contribution in [3.63, 3.8) is 0 Å². The molecule has 0 bridgehead atoms. The van der Waals surface area contributed by atoms with Gasteiger partial charge in [-0.1, -0.05) is 11.6 Å². The molecule has 114 valence electrons. The van der Waals surface area contributed by atoms with Crippen molar-refractivity contribution in [2.75, 3.05) is 6.54 Å². The fraction of sp³-hybridized carbons (Fsp3) is 0.308. The van der Waals surface area contributed by atoms with Crippen LogP contribution in [0.4, 0.5) is 0 Å². The zero-order chi connectivity index (χ0) is 15.5. The van der Waals surface area contributed by atoms with E-state index < -0.39 is 10.0 Å². The van der Waals surface area contributed by atoms with Crippen molar-refractivity contribution in [2.45, 2.75) is 17.9 Å². The zero-order valence-electron chi connectivity index (χ0n) is 11.6. The molecule has 2 aromatic rings. The molecule has 0 fully saturated rings. The van der Waals surface area contributed by atoms with Gasteiger partial charge in [0.2, 0.25) is 10.0 Å². The number of benzene rings is 1. The minimum Gasteiger partial charge on any atom is -0.326 e. The quantitative estimate of drug-likeness (QED) is 0.829. The average Bonchev–Trinajstić information content (AvgIpc) is 2.84. The summed E-state index contributed by atoms with van der Waals surface area (Å²) in [6, 6.07) is 4.50. The van der Waals surface area contributed by atoms with E-state index in [0.29, 0.717) is 23.6 Å². The lowest BCUT2D eigenvalue weighted by atomic mass is 10.2. The molecule has 2 rings (SSSR count).